The fourth-order valence-corrected chi connectivity index (χ4v) is 4.32. The van der Waals surface area contributed by atoms with E-state index in [-0.39, 0.29) is 17.7 Å². The topological polar surface area (TPSA) is 78.9 Å². The first-order valence-corrected chi connectivity index (χ1v) is 10.1. The number of oxazole rings is 1. The van der Waals surface area contributed by atoms with Crippen LogP contribution in [0.25, 0.3) is 22.6 Å². The molecule has 2 aromatic heterocycles. The number of fused-ring (bicyclic) bond motifs is 1. The highest BCUT2D eigenvalue weighted by molar-refractivity contribution is 7.10. The van der Waals surface area contributed by atoms with Crippen molar-refractivity contribution in [1.29, 1.82) is 0 Å². The molecule has 4 aromatic rings. The number of thiophene rings is 1. The highest BCUT2D eigenvalue weighted by Gasteiger charge is 2.32. The molecule has 3 heterocycles. The van der Waals surface area contributed by atoms with Gasteiger partial charge in [0.2, 0.25) is 11.8 Å². The number of aromatic nitrogens is 1. The SMILES string of the molecule is CC(=O)N1N=C(c2ccc3oc(-c4ccc(O)cc4)nc3c2)CC1c1cccs1. The van der Waals surface area contributed by atoms with Crippen molar-refractivity contribution in [2.24, 2.45) is 5.10 Å². The molecule has 0 fully saturated rings. The fourth-order valence-electron chi connectivity index (χ4n) is 3.51. The number of phenols is 1. The molecule has 0 bridgehead atoms. The number of phenolic OH excluding ortho intramolecular Hbond substituents is 1. The first kappa shape index (κ1) is 17.6. The second kappa shape index (κ2) is 6.86. The smallest absolute Gasteiger partial charge is 0.240 e. The van der Waals surface area contributed by atoms with Gasteiger partial charge in [0, 0.05) is 29.3 Å². The zero-order valence-corrected chi connectivity index (χ0v) is 16.4. The van der Waals surface area contributed by atoms with Crippen LogP contribution in [0.2, 0.25) is 0 Å². The number of carbonyl (C=O) groups is 1. The maximum absolute atomic E-state index is 12.1. The normalized spacial score (nSPS) is 16.4. The van der Waals surface area contributed by atoms with Gasteiger partial charge in [0.1, 0.15) is 11.3 Å². The van der Waals surface area contributed by atoms with Gasteiger partial charge in [0.05, 0.1) is 11.8 Å². The van der Waals surface area contributed by atoms with Crippen molar-refractivity contribution in [2.75, 3.05) is 0 Å². The Morgan fingerprint density at radius 1 is 1.17 bits per heavy atom. The molecule has 0 radical (unpaired) electrons. The standard InChI is InChI=1S/C22H17N3O3S/c1-13(26)25-19(21-3-2-10-29-21)12-17(24-25)15-6-9-20-18(11-15)23-22(28-20)14-4-7-16(27)8-5-14/h2-11,19,27H,12H2,1H3. The zero-order chi connectivity index (χ0) is 20.0. The number of hydrogen-bond acceptors (Lipinski definition) is 6. The fraction of sp³-hybridized carbons (Fsp3) is 0.136. The van der Waals surface area contributed by atoms with Gasteiger partial charge < -0.3 is 9.52 Å². The summed E-state index contributed by atoms with van der Waals surface area (Å²) in [7, 11) is 0. The quantitative estimate of drug-likeness (QED) is 0.524. The molecule has 144 valence electrons. The second-order valence-electron chi connectivity index (χ2n) is 6.89. The lowest BCUT2D eigenvalue weighted by molar-refractivity contribution is -0.130. The molecular weight excluding hydrogens is 386 g/mol. The largest absolute Gasteiger partial charge is 0.508 e. The molecule has 6 nitrogen and oxygen atoms in total. The zero-order valence-electron chi connectivity index (χ0n) is 15.6. The van der Waals surface area contributed by atoms with E-state index in [4.69, 9.17) is 4.42 Å². The predicted molar refractivity (Wildman–Crippen MR) is 112 cm³/mol. The molecule has 1 aliphatic rings. The molecule has 0 saturated heterocycles. The number of benzene rings is 2. The van der Waals surface area contributed by atoms with E-state index in [1.807, 2.05) is 35.7 Å². The summed E-state index contributed by atoms with van der Waals surface area (Å²) < 4.78 is 5.86. The van der Waals surface area contributed by atoms with Crippen LogP contribution in [0, 0.1) is 0 Å². The van der Waals surface area contributed by atoms with E-state index in [1.54, 1.807) is 40.6 Å². The van der Waals surface area contributed by atoms with Gasteiger partial charge in [-0.2, -0.15) is 5.10 Å². The molecule has 2 aromatic carbocycles. The monoisotopic (exact) mass is 403 g/mol. The van der Waals surface area contributed by atoms with Gasteiger partial charge in [0.15, 0.2) is 5.58 Å². The van der Waals surface area contributed by atoms with Crippen molar-refractivity contribution in [3.05, 3.63) is 70.4 Å². The van der Waals surface area contributed by atoms with Crippen molar-refractivity contribution in [3.8, 4) is 17.2 Å². The van der Waals surface area contributed by atoms with Crippen molar-refractivity contribution in [2.45, 2.75) is 19.4 Å². The van der Waals surface area contributed by atoms with Gasteiger partial charge in [-0.3, -0.25) is 4.79 Å². The molecule has 1 unspecified atom stereocenters. The Balaban J connectivity index is 1.49. The lowest BCUT2D eigenvalue weighted by atomic mass is 10.0. The summed E-state index contributed by atoms with van der Waals surface area (Å²) in [6.07, 6.45) is 0.661. The van der Waals surface area contributed by atoms with Crippen LogP contribution >= 0.6 is 11.3 Å². The van der Waals surface area contributed by atoms with Crippen molar-refractivity contribution >= 4 is 34.1 Å². The van der Waals surface area contributed by atoms with Gasteiger partial charge in [-0.25, -0.2) is 9.99 Å². The highest BCUT2D eigenvalue weighted by atomic mass is 32.1. The summed E-state index contributed by atoms with van der Waals surface area (Å²) in [4.78, 5) is 17.8. The van der Waals surface area contributed by atoms with E-state index in [0.717, 1.165) is 27.2 Å². The third-order valence-electron chi connectivity index (χ3n) is 4.94. The molecule has 29 heavy (non-hydrogen) atoms. The summed E-state index contributed by atoms with van der Waals surface area (Å²) in [5.41, 5.74) is 3.97. The molecule has 0 spiro atoms. The molecule has 7 heteroatoms. The summed E-state index contributed by atoms with van der Waals surface area (Å²) in [6, 6.07) is 16.4. The first-order valence-electron chi connectivity index (χ1n) is 9.19. The number of aromatic hydroxyl groups is 1. The Morgan fingerprint density at radius 3 is 2.69 bits per heavy atom. The van der Waals surface area contributed by atoms with Crippen LogP contribution in [0.5, 0.6) is 5.75 Å². The van der Waals surface area contributed by atoms with Crippen molar-refractivity contribution in [3.63, 3.8) is 0 Å². The van der Waals surface area contributed by atoms with E-state index in [2.05, 4.69) is 10.1 Å². The third-order valence-corrected chi connectivity index (χ3v) is 5.91. The van der Waals surface area contributed by atoms with E-state index >= 15 is 0 Å². The average Bonchev–Trinajstić information content (AvgIpc) is 3.45. The van der Waals surface area contributed by atoms with Crippen LogP contribution < -0.4 is 0 Å². The molecule has 1 atom stereocenters. The Hall–Kier alpha value is -3.45. The van der Waals surface area contributed by atoms with E-state index in [1.165, 1.54) is 6.92 Å². The van der Waals surface area contributed by atoms with E-state index in [0.29, 0.717) is 17.9 Å². The second-order valence-corrected chi connectivity index (χ2v) is 7.87. The van der Waals surface area contributed by atoms with Gasteiger partial charge in [0.25, 0.3) is 0 Å². The number of nitrogens with zero attached hydrogens (tertiary/aromatic N) is 3. The van der Waals surface area contributed by atoms with Crippen LogP contribution in [0.4, 0.5) is 0 Å². The van der Waals surface area contributed by atoms with E-state index in [9.17, 15) is 9.90 Å². The molecule has 5 rings (SSSR count). The van der Waals surface area contributed by atoms with Crippen molar-refractivity contribution in [1.82, 2.24) is 9.99 Å². The van der Waals surface area contributed by atoms with Gasteiger partial charge in [-0.1, -0.05) is 6.07 Å². The minimum absolute atomic E-state index is 0.0666. The molecule has 1 amide bonds. The van der Waals surface area contributed by atoms with Crippen LogP contribution in [0.15, 0.2) is 69.5 Å². The molecule has 1 aliphatic heterocycles. The number of hydrazone groups is 1. The number of amides is 1. The molecular formula is C22H17N3O3S. The van der Waals surface area contributed by atoms with Crippen LogP contribution in [-0.4, -0.2) is 26.7 Å². The van der Waals surface area contributed by atoms with Crippen LogP contribution in [0.1, 0.15) is 29.8 Å². The number of hydrogen-bond donors (Lipinski definition) is 1. The van der Waals surface area contributed by atoms with Gasteiger partial charge >= 0.3 is 0 Å². The lowest BCUT2D eigenvalue weighted by Crippen LogP contribution is -2.23. The first-order chi connectivity index (χ1) is 14.1. The summed E-state index contributed by atoms with van der Waals surface area (Å²) in [6.45, 7) is 1.54. The Bertz CT molecular complexity index is 1230. The maximum atomic E-state index is 12.1. The highest BCUT2D eigenvalue weighted by Crippen LogP contribution is 2.35. The Kier molecular flexibility index (Phi) is 4.17. The molecule has 0 saturated carbocycles. The predicted octanol–water partition coefficient (Wildman–Crippen LogP) is 4.96. The van der Waals surface area contributed by atoms with Gasteiger partial charge in [-0.15, -0.1) is 11.3 Å². The summed E-state index contributed by atoms with van der Waals surface area (Å²) in [5.74, 6) is 0.615. The number of rotatable bonds is 3. The minimum atomic E-state index is -0.0736. The lowest BCUT2D eigenvalue weighted by Gasteiger charge is -2.18. The number of carbonyl (C=O) groups excluding carboxylic acids is 1. The maximum Gasteiger partial charge on any atom is 0.240 e. The average molecular weight is 403 g/mol. The Morgan fingerprint density at radius 2 is 1.97 bits per heavy atom. The summed E-state index contributed by atoms with van der Waals surface area (Å²) in [5, 5.41) is 17.6. The van der Waals surface area contributed by atoms with Crippen LogP contribution in [-0.2, 0) is 4.79 Å². The molecule has 0 aliphatic carbocycles. The van der Waals surface area contributed by atoms with Crippen molar-refractivity contribution < 1.29 is 14.3 Å². The minimum Gasteiger partial charge on any atom is -0.508 e. The van der Waals surface area contributed by atoms with E-state index < -0.39 is 0 Å². The molecule has 1 N–H and O–H groups in total. The van der Waals surface area contributed by atoms with Crippen LogP contribution in [0.3, 0.4) is 0 Å². The third kappa shape index (κ3) is 3.19. The van der Waals surface area contributed by atoms with Gasteiger partial charge in [-0.05, 0) is 53.9 Å². The summed E-state index contributed by atoms with van der Waals surface area (Å²) >= 11 is 1.63. The Labute approximate surface area is 170 Å².